The van der Waals surface area contributed by atoms with Gasteiger partial charge in [0.05, 0.1) is 12.0 Å². The summed E-state index contributed by atoms with van der Waals surface area (Å²) < 4.78 is 0. The van der Waals surface area contributed by atoms with Crippen molar-refractivity contribution < 1.29 is 14.7 Å². The molecule has 1 aromatic carbocycles. The van der Waals surface area contributed by atoms with Crippen LogP contribution < -0.4 is 0 Å². The summed E-state index contributed by atoms with van der Waals surface area (Å²) in [6.45, 7) is 5.96. The normalized spacial score (nSPS) is 17.5. The molecule has 0 aliphatic carbocycles. The SMILES string of the molecule is CC1(C)CCN(C(=O)Cc2ccc(C(=O)O)cc2)C1. The zero-order valence-corrected chi connectivity index (χ0v) is 11.3. The van der Waals surface area contributed by atoms with Gasteiger partial charge in [0.25, 0.3) is 0 Å². The molecule has 4 nitrogen and oxygen atoms in total. The molecule has 0 atom stereocenters. The summed E-state index contributed by atoms with van der Waals surface area (Å²) in [6.07, 6.45) is 1.38. The van der Waals surface area contributed by atoms with E-state index in [0.717, 1.165) is 25.1 Å². The predicted molar refractivity (Wildman–Crippen MR) is 72.1 cm³/mol. The molecule has 4 heteroatoms. The Balaban J connectivity index is 1.98. The largest absolute Gasteiger partial charge is 0.478 e. The minimum atomic E-state index is -0.945. The number of hydrogen-bond donors (Lipinski definition) is 1. The van der Waals surface area contributed by atoms with Crippen molar-refractivity contribution >= 4 is 11.9 Å². The van der Waals surface area contributed by atoms with Gasteiger partial charge in [-0.1, -0.05) is 26.0 Å². The molecule has 1 aliphatic rings. The maximum absolute atomic E-state index is 12.1. The average molecular weight is 261 g/mol. The number of likely N-dealkylation sites (tertiary alicyclic amines) is 1. The highest BCUT2D eigenvalue weighted by molar-refractivity contribution is 5.87. The van der Waals surface area contributed by atoms with E-state index in [0.29, 0.717) is 6.42 Å². The number of carboxylic acids is 1. The van der Waals surface area contributed by atoms with Crippen LogP contribution in [0.1, 0.15) is 36.2 Å². The van der Waals surface area contributed by atoms with Crippen LogP contribution in [0, 0.1) is 5.41 Å². The van der Waals surface area contributed by atoms with Crippen molar-refractivity contribution in [3.05, 3.63) is 35.4 Å². The molecule has 1 N–H and O–H groups in total. The number of hydrogen-bond acceptors (Lipinski definition) is 2. The third-order valence-corrected chi connectivity index (χ3v) is 3.59. The lowest BCUT2D eigenvalue weighted by molar-refractivity contribution is -0.129. The van der Waals surface area contributed by atoms with Gasteiger partial charge in [-0.15, -0.1) is 0 Å². The van der Waals surface area contributed by atoms with E-state index in [-0.39, 0.29) is 16.9 Å². The number of carbonyl (C=O) groups is 2. The van der Waals surface area contributed by atoms with E-state index in [4.69, 9.17) is 5.11 Å². The van der Waals surface area contributed by atoms with Crippen molar-refractivity contribution in [1.82, 2.24) is 4.90 Å². The van der Waals surface area contributed by atoms with E-state index in [1.165, 1.54) is 0 Å². The molecule has 0 radical (unpaired) electrons. The van der Waals surface area contributed by atoms with Gasteiger partial charge in [0.1, 0.15) is 0 Å². The van der Waals surface area contributed by atoms with E-state index < -0.39 is 5.97 Å². The Labute approximate surface area is 113 Å². The fourth-order valence-electron chi connectivity index (χ4n) is 2.38. The summed E-state index contributed by atoms with van der Waals surface area (Å²) in [5.74, 6) is -0.826. The van der Waals surface area contributed by atoms with Crippen molar-refractivity contribution in [3.63, 3.8) is 0 Å². The van der Waals surface area contributed by atoms with E-state index in [1.54, 1.807) is 24.3 Å². The van der Waals surface area contributed by atoms with Gasteiger partial charge in [0, 0.05) is 13.1 Å². The highest BCUT2D eigenvalue weighted by Gasteiger charge is 2.31. The molecule has 1 aromatic rings. The Bertz CT molecular complexity index is 491. The highest BCUT2D eigenvalue weighted by atomic mass is 16.4. The zero-order valence-electron chi connectivity index (χ0n) is 11.3. The summed E-state index contributed by atoms with van der Waals surface area (Å²) in [5, 5.41) is 8.81. The van der Waals surface area contributed by atoms with Crippen LogP contribution in [0.15, 0.2) is 24.3 Å². The van der Waals surface area contributed by atoms with Gasteiger partial charge >= 0.3 is 5.97 Å². The number of aromatic carboxylic acids is 1. The fourth-order valence-corrected chi connectivity index (χ4v) is 2.38. The van der Waals surface area contributed by atoms with E-state index in [2.05, 4.69) is 13.8 Å². The molecule has 0 spiro atoms. The van der Waals surface area contributed by atoms with Crippen LogP contribution in [-0.2, 0) is 11.2 Å². The van der Waals surface area contributed by atoms with Crippen LogP contribution in [0.2, 0.25) is 0 Å². The topological polar surface area (TPSA) is 57.6 Å². The maximum atomic E-state index is 12.1. The molecule has 0 unspecified atom stereocenters. The molecule has 0 aromatic heterocycles. The smallest absolute Gasteiger partial charge is 0.335 e. The lowest BCUT2D eigenvalue weighted by Gasteiger charge is -2.19. The lowest BCUT2D eigenvalue weighted by atomic mass is 9.93. The minimum absolute atomic E-state index is 0.119. The lowest BCUT2D eigenvalue weighted by Crippen LogP contribution is -2.31. The molecule has 1 aliphatic heterocycles. The van der Waals surface area contributed by atoms with Crippen LogP contribution >= 0.6 is 0 Å². The molecule has 1 saturated heterocycles. The van der Waals surface area contributed by atoms with Gasteiger partial charge in [-0.3, -0.25) is 4.79 Å². The summed E-state index contributed by atoms with van der Waals surface area (Å²) in [5.41, 5.74) is 1.32. The predicted octanol–water partition coefficient (Wildman–Crippen LogP) is 2.19. The minimum Gasteiger partial charge on any atom is -0.478 e. The van der Waals surface area contributed by atoms with Gasteiger partial charge in [-0.2, -0.15) is 0 Å². The first kappa shape index (κ1) is 13.6. The molecule has 19 heavy (non-hydrogen) atoms. The van der Waals surface area contributed by atoms with E-state index in [1.807, 2.05) is 4.90 Å². The highest BCUT2D eigenvalue weighted by Crippen LogP contribution is 2.29. The fraction of sp³-hybridized carbons (Fsp3) is 0.467. The summed E-state index contributed by atoms with van der Waals surface area (Å²) in [7, 11) is 0. The Kier molecular flexibility index (Phi) is 3.60. The van der Waals surface area contributed by atoms with Gasteiger partial charge in [-0.05, 0) is 29.5 Å². The van der Waals surface area contributed by atoms with Crippen molar-refractivity contribution in [1.29, 1.82) is 0 Å². The molecule has 1 fully saturated rings. The van der Waals surface area contributed by atoms with Crippen LogP contribution in [0.25, 0.3) is 0 Å². The van der Waals surface area contributed by atoms with E-state index >= 15 is 0 Å². The van der Waals surface area contributed by atoms with Crippen molar-refractivity contribution in [3.8, 4) is 0 Å². The number of carboxylic acid groups (broad SMARTS) is 1. The summed E-state index contributed by atoms with van der Waals surface area (Å²) >= 11 is 0. The van der Waals surface area contributed by atoms with Gasteiger partial charge in [-0.25, -0.2) is 4.79 Å². The molecular formula is C15H19NO3. The monoisotopic (exact) mass is 261 g/mol. The standard InChI is InChI=1S/C15H19NO3/c1-15(2)7-8-16(10-15)13(17)9-11-3-5-12(6-4-11)14(18)19/h3-6H,7-10H2,1-2H3,(H,18,19). The molecule has 0 bridgehead atoms. The second kappa shape index (κ2) is 5.03. The Morgan fingerprint density at radius 3 is 2.37 bits per heavy atom. The number of rotatable bonds is 3. The molecule has 1 heterocycles. The van der Waals surface area contributed by atoms with Crippen LogP contribution in [-0.4, -0.2) is 35.0 Å². The number of amides is 1. The van der Waals surface area contributed by atoms with Crippen molar-refractivity contribution in [2.45, 2.75) is 26.7 Å². The Hall–Kier alpha value is -1.84. The second-order valence-corrected chi connectivity index (χ2v) is 5.91. The molecule has 102 valence electrons. The quantitative estimate of drug-likeness (QED) is 0.907. The summed E-state index contributed by atoms with van der Waals surface area (Å²) in [6, 6.07) is 6.50. The first-order valence-corrected chi connectivity index (χ1v) is 6.47. The van der Waals surface area contributed by atoms with E-state index in [9.17, 15) is 9.59 Å². The maximum Gasteiger partial charge on any atom is 0.335 e. The van der Waals surface area contributed by atoms with Crippen LogP contribution in [0.4, 0.5) is 0 Å². The molecular weight excluding hydrogens is 242 g/mol. The first-order valence-electron chi connectivity index (χ1n) is 6.47. The first-order chi connectivity index (χ1) is 8.87. The third kappa shape index (κ3) is 3.34. The van der Waals surface area contributed by atoms with Gasteiger partial charge < -0.3 is 10.0 Å². The second-order valence-electron chi connectivity index (χ2n) is 5.91. The molecule has 0 saturated carbocycles. The van der Waals surface area contributed by atoms with Crippen molar-refractivity contribution in [2.75, 3.05) is 13.1 Å². The van der Waals surface area contributed by atoms with Crippen LogP contribution in [0.3, 0.4) is 0 Å². The number of benzene rings is 1. The number of carbonyl (C=O) groups excluding carboxylic acids is 1. The Morgan fingerprint density at radius 2 is 1.89 bits per heavy atom. The average Bonchev–Trinajstić information content (AvgIpc) is 2.70. The number of nitrogens with zero attached hydrogens (tertiary/aromatic N) is 1. The van der Waals surface area contributed by atoms with Crippen LogP contribution in [0.5, 0.6) is 0 Å². The molecule has 1 amide bonds. The molecule has 2 rings (SSSR count). The summed E-state index contributed by atoms with van der Waals surface area (Å²) in [4.78, 5) is 24.8. The third-order valence-electron chi connectivity index (χ3n) is 3.59. The van der Waals surface area contributed by atoms with Crippen molar-refractivity contribution in [2.24, 2.45) is 5.41 Å². The van der Waals surface area contributed by atoms with Gasteiger partial charge in [0.15, 0.2) is 0 Å². The van der Waals surface area contributed by atoms with Gasteiger partial charge in [0.2, 0.25) is 5.91 Å². The zero-order chi connectivity index (χ0) is 14.0. The Morgan fingerprint density at radius 1 is 1.26 bits per heavy atom.